The van der Waals surface area contributed by atoms with Crippen molar-refractivity contribution >= 4 is 28.1 Å². The van der Waals surface area contributed by atoms with Gasteiger partial charge in [-0.3, -0.25) is 0 Å². The molecule has 128 valence electrons. The van der Waals surface area contributed by atoms with Crippen molar-refractivity contribution in [2.75, 3.05) is 11.9 Å². The third-order valence-electron chi connectivity index (χ3n) is 3.79. The fraction of sp³-hybridized carbons (Fsp3) is 0.200. The van der Waals surface area contributed by atoms with E-state index in [1.165, 1.54) is 16.9 Å². The van der Waals surface area contributed by atoms with E-state index in [-0.39, 0.29) is 5.97 Å². The molecular weight excluding hydrogens is 332 g/mol. The zero-order valence-corrected chi connectivity index (χ0v) is 15.1. The molecule has 0 unspecified atom stereocenters. The number of benzene rings is 2. The molecule has 1 N–H and O–H groups in total. The Labute approximate surface area is 151 Å². The summed E-state index contributed by atoms with van der Waals surface area (Å²) in [7, 11) is 0. The summed E-state index contributed by atoms with van der Waals surface area (Å²) in [6.45, 7) is 4.30. The quantitative estimate of drug-likeness (QED) is 0.612. The van der Waals surface area contributed by atoms with Gasteiger partial charge in [0.1, 0.15) is 0 Å². The van der Waals surface area contributed by atoms with Gasteiger partial charge in [-0.25, -0.2) is 9.78 Å². The number of ether oxygens (including phenoxy) is 1. The van der Waals surface area contributed by atoms with Gasteiger partial charge < -0.3 is 10.1 Å². The molecule has 25 heavy (non-hydrogen) atoms. The molecule has 0 spiro atoms. The second-order valence-electron chi connectivity index (χ2n) is 5.51. The molecule has 0 radical (unpaired) electrons. The number of carbonyl (C=O) groups excluding carboxylic acids is 1. The van der Waals surface area contributed by atoms with Crippen LogP contribution in [0.3, 0.4) is 0 Å². The van der Waals surface area contributed by atoms with Gasteiger partial charge in [-0.05, 0) is 37.1 Å². The van der Waals surface area contributed by atoms with Crippen LogP contribution in [0.2, 0.25) is 0 Å². The molecule has 0 atom stereocenters. The van der Waals surface area contributed by atoms with Crippen LogP contribution in [0.15, 0.2) is 53.9 Å². The lowest BCUT2D eigenvalue weighted by atomic mass is 10.1. The molecular formula is C20H20N2O2S. The fourth-order valence-corrected chi connectivity index (χ4v) is 3.18. The van der Waals surface area contributed by atoms with Crippen molar-refractivity contribution in [1.82, 2.24) is 4.98 Å². The first-order valence-electron chi connectivity index (χ1n) is 8.28. The average Bonchev–Trinajstić information content (AvgIpc) is 3.10. The van der Waals surface area contributed by atoms with Crippen LogP contribution in [0.1, 0.15) is 29.8 Å². The van der Waals surface area contributed by atoms with Crippen molar-refractivity contribution in [2.45, 2.75) is 20.3 Å². The number of aryl methyl sites for hydroxylation is 1. The highest BCUT2D eigenvalue weighted by Crippen LogP contribution is 2.27. The van der Waals surface area contributed by atoms with E-state index < -0.39 is 0 Å². The van der Waals surface area contributed by atoms with Gasteiger partial charge in [0.05, 0.1) is 17.9 Å². The molecule has 0 aliphatic carbocycles. The molecule has 0 saturated heterocycles. The number of carbonyl (C=O) groups is 1. The Hall–Kier alpha value is -2.66. The van der Waals surface area contributed by atoms with Crippen molar-refractivity contribution < 1.29 is 9.53 Å². The second kappa shape index (κ2) is 7.94. The molecule has 0 amide bonds. The molecule has 0 saturated carbocycles. The van der Waals surface area contributed by atoms with E-state index in [1.54, 1.807) is 19.1 Å². The van der Waals surface area contributed by atoms with Crippen molar-refractivity contribution in [2.24, 2.45) is 0 Å². The summed E-state index contributed by atoms with van der Waals surface area (Å²) in [5.74, 6) is -0.318. The van der Waals surface area contributed by atoms with Gasteiger partial charge in [0.25, 0.3) is 0 Å². The number of aromatic nitrogens is 1. The number of nitrogens with one attached hydrogen (secondary N) is 1. The summed E-state index contributed by atoms with van der Waals surface area (Å²) in [6.07, 6.45) is 1.03. The topological polar surface area (TPSA) is 51.2 Å². The average molecular weight is 352 g/mol. The Morgan fingerprint density at radius 2 is 1.96 bits per heavy atom. The summed E-state index contributed by atoms with van der Waals surface area (Å²) in [5.41, 5.74) is 4.69. The third-order valence-corrected chi connectivity index (χ3v) is 4.54. The Morgan fingerprint density at radius 3 is 2.68 bits per heavy atom. The van der Waals surface area contributed by atoms with Crippen LogP contribution in [0, 0.1) is 0 Å². The van der Waals surface area contributed by atoms with Gasteiger partial charge >= 0.3 is 5.97 Å². The molecule has 1 heterocycles. The lowest BCUT2D eigenvalue weighted by molar-refractivity contribution is 0.0526. The van der Waals surface area contributed by atoms with Crippen molar-refractivity contribution in [3.63, 3.8) is 0 Å². The molecule has 4 nitrogen and oxygen atoms in total. The Balaban J connectivity index is 1.75. The first kappa shape index (κ1) is 17.2. The van der Waals surface area contributed by atoms with Crippen LogP contribution >= 0.6 is 11.3 Å². The number of hydrogen-bond acceptors (Lipinski definition) is 5. The summed E-state index contributed by atoms with van der Waals surface area (Å²) in [4.78, 5) is 16.5. The molecule has 3 aromatic rings. The largest absolute Gasteiger partial charge is 0.462 e. The molecule has 0 bridgehead atoms. The van der Waals surface area contributed by atoms with E-state index in [9.17, 15) is 4.79 Å². The van der Waals surface area contributed by atoms with Gasteiger partial charge in [0.2, 0.25) is 0 Å². The van der Waals surface area contributed by atoms with Crippen molar-refractivity contribution in [3.8, 4) is 11.3 Å². The van der Waals surface area contributed by atoms with E-state index >= 15 is 0 Å². The number of hydrogen-bond donors (Lipinski definition) is 1. The van der Waals surface area contributed by atoms with E-state index in [2.05, 4.69) is 41.5 Å². The number of esters is 1. The SMILES string of the molecule is CCOC(=O)c1cccc(Nc2nc(-c3ccc(CC)cc3)cs2)c1. The zero-order chi connectivity index (χ0) is 17.6. The zero-order valence-electron chi connectivity index (χ0n) is 14.3. The highest BCUT2D eigenvalue weighted by Gasteiger charge is 2.09. The van der Waals surface area contributed by atoms with Crippen LogP contribution in [0.25, 0.3) is 11.3 Å². The number of nitrogens with zero attached hydrogens (tertiary/aromatic N) is 1. The van der Waals surface area contributed by atoms with Gasteiger partial charge in [0, 0.05) is 16.6 Å². The maximum absolute atomic E-state index is 11.8. The number of thiazole rings is 1. The predicted molar refractivity (Wildman–Crippen MR) is 103 cm³/mol. The molecule has 2 aromatic carbocycles. The molecule has 1 aromatic heterocycles. The smallest absolute Gasteiger partial charge is 0.338 e. The summed E-state index contributed by atoms with van der Waals surface area (Å²) in [5, 5.41) is 6.07. The molecule has 5 heteroatoms. The molecule has 0 aliphatic rings. The van der Waals surface area contributed by atoms with Crippen LogP contribution in [-0.2, 0) is 11.2 Å². The van der Waals surface area contributed by atoms with Gasteiger partial charge in [0.15, 0.2) is 5.13 Å². The van der Waals surface area contributed by atoms with E-state index in [4.69, 9.17) is 4.74 Å². The Bertz CT molecular complexity index is 856. The molecule has 3 rings (SSSR count). The van der Waals surface area contributed by atoms with Crippen LogP contribution < -0.4 is 5.32 Å². The normalized spacial score (nSPS) is 10.5. The highest BCUT2D eigenvalue weighted by atomic mass is 32.1. The van der Waals surface area contributed by atoms with E-state index in [1.807, 2.05) is 17.5 Å². The van der Waals surface area contributed by atoms with E-state index in [0.717, 1.165) is 28.5 Å². The van der Waals surface area contributed by atoms with E-state index in [0.29, 0.717) is 12.2 Å². The Morgan fingerprint density at radius 1 is 1.16 bits per heavy atom. The van der Waals surface area contributed by atoms with Crippen LogP contribution in [-0.4, -0.2) is 17.6 Å². The summed E-state index contributed by atoms with van der Waals surface area (Å²) < 4.78 is 5.03. The van der Waals surface area contributed by atoms with Crippen LogP contribution in [0.4, 0.5) is 10.8 Å². The lowest BCUT2D eigenvalue weighted by Gasteiger charge is -2.05. The predicted octanol–water partition coefficient (Wildman–Crippen LogP) is 5.29. The fourth-order valence-electron chi connectivity index (χ4n) is 2.44. The number of anilines is 2. The van der Waals surface area contributed by atoms with Crippen LogP contribution in [0.5, 0.6) is 0 Å². The van der Waals surface area contributed by atoms with Gasteiger partial charge in [-0.1, -0.05) is 37.3 Å². The standard InChI is InChI=1S/C20H20N2O2S/c1-3-14-8-10-15(11-9-14)18-13-25-20(22-18)21-17-7-5-6-16(12-17)19(23)24-4-2/h5-13H,3-4H2,1-2H3,(H,21,22). The first-order valence-corrected chi connectivity index (χ1v) is 9.16. The van der Waals surface area contributed by atoms with Crippen molar-refractivity contribution in [1.29, 1.82) is 0 Å². The van der Waals surface area contributed by atoms with Gasteiger partial charge in [-0.15, -0.1) is 11.3 Å². The minimum Gasteiger partial charge on any atom is -0.462 e. The highest BCUT2D eigenvalue weighted by molar-refractivity contribution is 7.14. The minimum atomic E-state index is -0.318. The van der Waals surface area contributed by atoms with Crippen molar-refractivity contribution in [3.05, 3.63) is 65.0 Å². The second-order valence-corrected chi connectivity index (χ2v) is 6.37. The first-order chi connectivity index (χ1) is 12.2. The summed E-state index contributed by atoms with van der Waals surface area (Å²) in [6, 6.07) is 15.7. The Kier molecular flexibility index (Phi) is 5.46. The maximum Gasteiger partial charge on any atom is 0.338 e. The number of rotatable bonds is 6. The lowest BCUT2D eigenvalue weighted by Crippen LogP contribution is -2.04. The minimum absolute atomic E-state index is 0.318. The van der Waals surface area contributed by atoms with Gasteiger partial charge in [-0.2, -0.15) is 0 Å². The molecule has 0 aliphatic heterocycles. The third kappa shape index (κ3) is 4.25. The maximum atomic E-state index is 11.8. The monoisotopic (exact) mass is 352 g/mol. The molecule has 0 fully saturated rings. The summed E-state index contributed by atoms with van der Waals surface area (Å²) >= 11 is 1.54.